The predicted molar refractivity (Wildman–Crippen MR) is 316 cm³/mol. The fourth-order valence-corrected chi connectivity index (χ4v) is 8.73. The number of hydrogen-bond donors (Lipinski definition) is 1. The number of hydrogen-bond acceptors (Lipinski definition) is 7. The highest BCUT2D eigenvalue weighted by Crippen LogP contribution is 2.43. The van der Waals surface area contributed by atoms with Gasteiger partial charge in [-0.1, -0.05) is 233 Å². The Kier molecular flexibility index (Phi) is 52.4. The van der Waals surface area contributed by atoms with E-state index in [-0.39, 0.29) is 32.0 Å². The monoisotopic (exact) mass is 1050 g/mol. The molecule has 0 radical (unpaired) electrons. The Hall–Kier alpha value is -3.07. The minimum absolute atomic E-state index is 0.0269. The summed E-state index contributed by atoms with van der Waals surface area (Å²) in [6.07, 6.45) is 74.7. The molecular weight excluding hydrogens is 942 g/mol. The molecule has 2 unspecified atom stereocenters. The molecule has 426 valence electrons. The standard InChI is InChI=1S/C64H112NO8P/c1-6-8-10-12-14-16-18-20-22-24-26-27-28-29-30-31-32-33-34-35-36-37-39-41-43-45-47-49-51-53-55-57-64(67)73-62(61-72-74(68,69)71-59-58-65(3,4)5)60-70-63(66)56-54-52-50-48-46-44-42-40-38-25-23-21-19-17-15-13-11-9-7-2/h8,10,14-17,20-23,26-27,29-30,32-33,62H,6-7,9,11-13,18-19,24-25,28,31,34-61H2,1-5H3/p+1/b10-8-,16-14-,17-15-,22-20-,23-21-,27-26-,30-29-,33-32-. The van der Waals surface area contributed by atoms with Crippen LogP contribution in [0.15, 0.2) is 97.2 Å². The number of phosphoric acid groups is 1. The van der Waals surface area contributed by atoms with Crippen molar-refractivity contribution in [2.75, 3.05) is 47.5 Å². The summed E-state index contributed by atoms with van der Waals surface area (Å²) >= 11 is 0. The van der Waals surface area contributed by atoms with Crippen molar-refractivity contribution in [3.8, 4) is 0 Å². The van der Waals surface area contributed by atoms with Gasteiger partial charge in [-0.2, -0.15) is 0 Å². The highest BCUT2D eigenvalue weighted by atomic mass is 31.2. The third-order valence-corrected chi connectivity index (χ3v) is 13.6. The van der Waals surface area contributed by atoms with Crippen LogP contribution in [0.25, 0.3) is 0 Å². The summed E-state index contributed by atoms with van der Waals surface area (Å²) in [5.41, 5.74) is 0. The molecule has 9 nitrogen and oxygen atoms in total. The van der Waals surface area contributed by atoms with Crippen LogP contribution in [0.4, 0.5) is 0 Å². The zero-order valence-electron chi connectivity index (χ0n) is 48.3. The van der Waals surface area contributed by atoms with Crippen molar-refractivity contribution in [2.24, 2.45) is 0 Å². The van der Waals surface area contributed by atoms with Gasteiger partial charge in [-0.15, -0.1) is 0 Å². The van der Waals surface area contributed by atoms with Crippen molar-refractivity contribution in [2.45, 2.75) is 251 Å². The second kappa shape index (κ2) is 54.7. The Bertz CT molecular complexity index is 1570. The minimum atomic E-state index is -4.39. The van der Waals surface area contributed by atoms with E-state index in [1.165, 1.54) is 128 Å². The summed E-state index contributed by atoms with van der Waals surface area (Å²) < 4.78 is 34.6. The Balaban J connectivity index is 4.15. The molecule has 0 rings (SSSR count). The molecular formula is C64H113NO8P+. The first-order valence-corrected chi connectivity index (χ1v) is 31.5. The summed E-state index contributed by atoms with van der Waals surface area (Å²) in [6.45, 7) is 4.29. The largest absolute Gasteiger partial charge is 0.472 e. The van der Waals surface area contributed by atoms with E-state index < -0.39 is 26.5 Å². The number of unbranched alkanes of at least 4 members (excludes halogenated alkanes) is 24. The number of ether oxygens (including phenoxy) is 2. The van der Waals surface area contributed by atoms with Crippen LogP contribution in [0.3, 0.4) is 0 Å². The van der Waals surface area contributed by atoms with Gasteiger partial charge in [-0.25, -0.2) is 4.57 Å². The van der Waals surface area contributed by atoms with E-state index in [2.05, 4.69) is 111 Å². The molecule has 0 spiro atoms. The molecule has 0 aliphatic rings. The first kappa shape index (κ1) is 70.9. The predicted octanol–water partition coefficient (Wildman–Crippen LogP) is 18.8. The van der Waals surface area contributed by atoms with Crippen LogP contribution in [0, 0.1) is 0 Å². The van der Waals surface area contributed by atoms with Crippen LogP contribution < -0.4 is 0 Å². The lowest BCUT2D eigenvalue weighted by Crippen LogP contribution is -2.37. The van der Waals surface area contributed by atoms with Gasteiger partial charge < -0.3 is 18.9 Å². The van der Waals surface area contributed by atoms with E-state index in [0.29, 0.717) is 17.4 Å². The second-order valence-corrected chi connectivity index (χ2v) is 22.5. The zero-order valence-corrected chi connectivity index (χ0v) is 49.2. The maximum absolute atomic E-state index is 12.8. The quantitative estimate of drug-likeness (QED) is 0.0211. The fourth-order valence-electron chi connectivity index (χ4n) is 7.99. The van der Waals surface area contributed by atoms with Gasteiger partial charge in [0, 0.05) is 12.8 Å². The molecule has 0 aromatic rings. The van der Waals surface area contributed by atoms with Gasteiger partial charge in [-0.05, 0) is 96.3 Å². The maximum Gasteiger partial charge on any atom is 0.472 e. The number of rotatable bonds is 54. The van der Waals surface area contributed by atoms with Gasteiger partial charge in [0.15, 0.2) is 6.10 Å². The Morgan fingerprint density at radius 3 is 1.15 bits per heavy atom. The highest BCUT2D eigenvalue weighted by molar-refractivity contribution is 7.47. The van der Waals surface area contributed by atoms with Crippen molar-refractivity contribution in [3.63, 3.8) is 0 Å². The molecule has 0 aromatic carbocycles. The molecule has 0 aliphatic carbocycles. The third-order valence-electron chi connectivity index (χ3n) is 12.6. The van der Waals surface area contributed by atoms with Crippen molar-refractivity contribution >= 4 is 19.8 Å². The molecule has 10 heteroatoms. The lowest BCUT2D eigenvalue weighted by atomic mass is 10.0. The number of phosphoric ester groups is 1. The van der Waals surface area contributed by atoms with Gasteiger partial charge in [0.05, 0.1) is 27.7 Å². The van der Waals surface area contributed by atoms with Gasteiger partial charge in [0.25, 0.3) is 0 Å². The summed E-state index contributed by atoms with van der Waals surface area (Å²) in [5.74, 6) is -0.804. The van der Waals surface area contributed by atoms with E-state index >= 15 is 0 Å². The molecule has 0 aromatic heterocycles. The van der Waals surface area contributed by atoms with Gasteiger partial charge in [0.2, 0.25) is 0 Å². The molecule has 0 fully saturated rings. The first-order valence-electron chi connectivity index (χ1n) is 30.0. The van der Waals surface area contributed by atoms with Crippen molar-refractivity contribution < 1.29 is 42.1 Å². The number of carbonyl (C=O) groups excluding carboxylic acids is 2. The number of carbonyl (C=O) groups is 2. The molecule has 1 N–H and O–H groups in total. The van der Waals surface area contributed by atoms with Gasteiger partial charge in [0.1, 0.15) is 19.8 Å². The lowest BCUT2D eigenvalue weighted by Gasteiger charge is -2.24. The maximum atomic E-state index is 12.8. The van der Waals surface area contributed by atoms with Gasteiger partial charge >= 0.3 is 19.8 Å². The van der Waals surface area contributed by atoms with E-state index in [0.717, 1.165) is 83.5 Å². The van der Waals surface area contributed by atoms with E-state index in [1.54, 1.807) is 0 Å². The van der Waals surface area contributed by atoms with Crippen LogP contribution in [0.2, 0.25) is 0 Å². The van der Waals surface area contributed by atoms with Crippen LogP contribution in [-0.2, 0) is 32.7 Å². The first-order chi connectivity index (χ1) is 36.0. The fraction of sp³-hybridized carbons (Fsp3) is 0.719. The number of likely N-dealkylation sites (N-methyl/N-ethyl adjacent to an activating group) is 1. The SMILES string of the molecule is CC/C=C\C/C=C\C/C=C\C/C=C\C/C=C\C/C=C\CCCCCCCCCCCCCCC(=O)OC(COC(=O)CCCCCCCCCCC/C=C\C/C=C\CCCCC)COP(=O)(O)OCC[N+](C)(C)C. The summed E-state index contributed by atoms with van der Waals surface area (Å²) in [6, 6.07) is 0. The molecule has 0 saturated heterocycles. The van der Waals surface area contributed by atoms with Gasteiger partial charge in [-0.3, -0.25) is 18.6 Å². The zero-order chi connectivity index (χ0) is 54.2. The highest BCUT2D eigenvalue weighted by Gasteiger charge is 2.27. The second-order valence-electron chi connectivity index (χ2n) is 21.0. The van der Waals surface area contributed by atoms with Crippen LogP contribution >= 0.6 is 7.82 Å². The van der Waals surface area contributed by atoms with E-state index in [9.17, 15) is 19.0 Å². The minimum Gasteiger partial charge on any atom is -0.462 e. The molecule has 0 saturated carbocycles. The number of nitrogens with zero attached hydrogens (tertiary/aromatic N) is 1. The van der Waals surface area contributed by atoms with Crippen LogP contribution in [0.5, 0.6) is 0 Å². The van der Waals surface area contributed by atoms with Crippen LogP contribution in [0.1, 0.15) is 245 Å². The molecule has 0 bridgehead atoms. The summed E-state index contributed by atoms with van der Waals surface area (Å²) in [5, 5.41) is 0. The third kappa shape index (κ3) is 58.2. The number of esters is 2. The lowest BCUT2D eigenvalue weighted by molar-refractivity contribution is -0.870. The van der Waals surface area contributed by atoms with E-state index in [1.807, 2.05) is 21.1 Å². The van der Waals surface area contributed by atoms with Crippen LogP contribution in [-0.4, -0.2) is 74.9 Å². The van der Waals surface area contributed by atoms with Crippen molar-refractivity contribution in [3.05, 3.63) is 97.2 Å². The molecule has 0 aliphatic heterocycles. The number of quaternary nitrogens is 1. The topological polar surface area (TPSA) is 108 Å². The normalized spacial score (nSPS) is 14.0. The Morgan fingerprint density at radius 2 is 0.770 bits per heavy atom. The number of allylic oxidation sites excluding steroid dienone is 16. The molecule has 74 heavy (non-hydrogen) atoms. The van der Waals surface area contributed by atoms with E-state index in [4.69, 9.17) is 18.5 Å². The van der Waals surface area contributed by atoms with Crippen molar-refractivity contribution in [1.29, 1.82) is 0 Å². The smallest absolute Gasteiger partial charge is 0.462 e. The van der Waals surface area contributed by atoms with Crippen molar-refractivity contribution in [1.82, 2.24) is 0 Å². The summed E-state index contributed by atoms with van der Waals surface area (Å²) in [7, 11) is 1.47. The average molecular weight is 1060 g/mol. The Morgan fingerprint density at radius 1 is 0.432 bits per heavy atom. The molecule has 0 amide bonds. The summed E-state index contributed by atoms with van der Waals surface area (Å²) in [4.78, 5) is 35.7. The molecule has 2 atom stereocenters. The average Bonchev–Trinajstić information content (AvgIpc) is 3.36. The molecule has 0 heterocycles. The Labute approximate surface area is 455 Å².